The Balaban J connectivity index is 1.79. The molecule has 0 bridgehead atoms. The molecule has 1 heterocycles. The average molecular weight is 415 g/mol. The number of hydrogen-bond acceptors (Lipinski definition) is 4. The van der Waals surface area contributed by atoms with Crippen molar-refractivity contribution in [1.29, 1.82) is 0 Å². The normalized spacial score (nSPS) is 16.0. The third-order valence-corrected chi connectivity index (χ3v) is 4.76. The summed E-state index contributed by atoms with van der Waals surface area (Å²) in [4.78, 5) is 19.9. The summed E-state index contributed by atoms with van der Waals surface area (Å²) >= 11 is 3.18. The minimum absolute atomic E-state index is 0.230. The highest BCUT2D eigenvalue weighted by molar-refractivity contribution is 9.10. The lowest BCUT2D eigenvalue weighted by Crippen LogP contribution is -2.52. The zero-order valence-electron chi connectivity index (χ0n) is 14.6. The monoisotopic (exact) mass is 414 g/mol. The lowest BCUT2D eigenvalue weighted by Gasteiger charge is -2.36. The van der Waals surface area contributed by atoms with Crippen molar-refractivity contribution in [3.63, 3.8) is 0 Å². The second-order valence-electron chi connectivity index (χ2n) is 5.81. The number of rotatable bonds is 5. The first-order valence-corrected chi connectivity index (χ1v) is 9.01. The molecule has 0 aromatic heterocycles. The molecule has 0 spiro atoms. The van der Waals surface area contributed by atoms with Gasteiger partial charge < -0.3 is 15.0 Å². The smallest absolute Gasteiger partial charge is 0.307 e. The predicted molar refractivity (Wildman–Crippen MR) is 98.9 cm³/mol. The van der Waals surface area contributed by atoms with Gasteiger partial charge in [-0.2, -0.15) is 0 Å². The topological polar surface area (TPSA) is 57.2 Å². The molecule has 1 fully saturated rings. The maximum Gasteiger partial charge on any atom is 0.307 e. The van der Waals surface area contributed by atoms with Gasteiger partial charge in [-0.1, -0.05) is 6.07 Å². The number of aliphatic imine (C=N–C) groups is 1. The van der Waals surface area contributed by atoms with Crippen LogP contribution in [0.4, 0.5) is 4.39 Å². The molecule has 0 saturated carbocycles. The Morgan fingerprint density at radius 3 is 2.68 bits per heavy atom. The number of nitrogens with one attached hydrogen (secondary N) is 1. The largest absolute Gasteiger partial charge is 0.469 e. The molecule has 0 amide bonds. The SMILES string of the molecule is CN=C(NCCC(=O)OC)N1CCN(Cc2ccc(Br)c(F)c2)CC1. The molecule has 0 radical (unpaired) electrons. The van der Waals surface area contributed by atoms with Crippen LogP contribution in [0, 0.1) is 5.82 Å². The molecule has 0 unspecified atom stereocenters. The summed E-state index contributed by atoms with van der Waals surface area (Å²) in [5.41, 5.74) is 0.967. The fraction of sp³-hybridized carbons (Fsp3) is 0.529. The van der Waals surface area contributed by atoms with E-state index in [0.29, 0.717) is 17.4 Å². The summed E-state index contributed by atoms with van der Waals surface area (Å²) in [7, 11) is 3.12. The highest BCUT2D eigenvalue weighted by atomic mass is 79.9. The van der Waals surface area contributed by atoms with Crippen molar-refractivity contribution in [1.82, 2.24) is 15.1 Å². The van der Waals surface area contributed by atoms with Crippen molar-refractivity contribution in [3.8, 4) is 0 Å². The predicted octanol–water partition coefficient (Wildman–Crippen LogP) is 1.84. The molecule has 1 aromatic rings. The molecule has 25 heavy (non-hydrogen) atoms. The molecule has 138 valence electrons. The van der Waals surface area contributed by atoms with E-state index in [1.807, 2.05) is 6.07 Å². The number of nitrogens with zero attached hydrogens (tertiary/aromatic N) is 3. The Labute approximate surface area is 156 Å². The Bertz CT molecular complexity index is 619. The molecule has 1 saturated heterocycles. The van der Waals surface area contributed by atoms with Crippen LogP contribution in [0.5, 0.6) is 0 Å². The second kappa shape index (κ2) is 9.72. The molecular formula is C17H24BrFN4O2. The van der Waals surface area contributed by atoms with Crippen LogP contribution in [-0.4, -0.2) is 68.6 Å². The van der Waals surface area contributed by atoms with Crippen molar-refractivity contribution < 1.29 is 13.9 Å². The third-order valence-electron chi connectivity index (χ3n) is 4.11. The maximum absolute atomic E-state index is 13.6. The Morgan fingerprint density at radius 1 is 1.36 bits per heavy atom. The highest BCUT2D eigenvalue weighted by Crippen LogP contribution is 2.18. The van der Waals surface area contributed by atoms with E-state index in [9.17, 15) is 9.18 Å². The average Bonchev–Trinajstić information content (AvgIpc) is 2.62. The lowest BCUT2D eigenvalue weighted by atomic mass is 10.2. The van der Waals surface area contributed by atoms with Crippen LogP contribution < -0.4 is 5.32 Å². The maximum atomic E-state index is 13.6. The molecular weight excluding hydrogens is 391 g/mol. The summed E-state index contributed by atoms with van der Waals surface area (Å²) in [6.45, 7) is 4.63. The molecule has 1 N–H and O–H groups in total. The van der Waals surface area contributed by atoms with E-state index in [2.05, 4.69) is 40.8 Å². The van der Waals surface area contributed by atoms with Crippen LogP contribution in [0.1, 0.15) is 12.0 Å². The van der Waals surface area contributed by atoms with E-state index in [4.69, 9.17) is 0 Å². The fourth-order valence-electron chi connectivity index (χ4n) is 2.72. The van der Waals surface area contributed by atoms with Gasteiger partial charge in [0, 0.05) is 46.3 Å². The zero-order valence-corrected chi connectivity index (χ0v) is 16.2. The van der Waals surface area contributed by atoms with Crippen LogP contribution in [-0.2, 0) is 16.1 Å². The fourth-order valence-corrected chi connectivity index (χ4v) is 2.97. The number of piperazine rings is 1. The van der Waals surface area contributed by atoms with Gasteiger partial charge in [-0.3, -0.25) is 14.7 Å². The van der Waals surface area contributed by atoms with Crippen LogP contribution in [0.3, 0.4) is 0 Å². The van der Waals surface area contributed by atoms with Crippen LogP contribution in [0.2, 0.25) is 0 Å². The van der Waals surface area contributed by atoms with Gasteiger partial charge >= 0.3 is 5.97 Å². The summed E-state index contributed by atoms with van der Waals surface area (Å²) < 4.78 is 18.7. The van der Waals surface area contributed by atoms with E-state index in [1.54, 1.807) is 19.2 Å². The minimum atomic E-state index is -0.241. The molecule has 1 aliphatic rings. The van der Waals surface area contributed by atoms with Gasteiger partial charge in [-0.05, 0) is 33.6 Å². The third kappa shape index (κ3) is 5.97. The zero-order chi connectivity index (χ0) is 18.2. The summed E-state index contributed by atoms with van der Waals surface area (Å²) in [6.07, 6.45) is 0.310. The molecule has 8 heteroatoms. The molecule has 1 aromatic carbocycles. The molecule has 0 aliphatic carbocycles. The first-order chi connectivity index (χ1) is 12.0. The number of esters is 1. The van der Waals surface area contributed by atoms with Crippen LogP contribution in [0.15, 0.2) is 27.7 Å². The number of guanidine groups is 1. The number of halogens is 2. The molecule has 6 nitrogen and oxygen atoms in total. The Hall–Kier alpha value is -1.67. The summed E-state index contributed by atoms with van der Waals surface area (Å²) in [6, 6.07) is 5.25. The van der Waals surface area contributed by atoms with Gasteiger partial charge in [0.2, 0.25) is 0 Å². The standard InChI is InChI=1S/C17H24BrFN4O2/c1-20-17(21-6-5-16(24)25-2)23-9-7-22(8-10-23)12-13-3-4-14(18)15(19)11-13/h3-4,11H,5-10,12H2,1-2H3,(H,20,21). The van der Waals surface area contributed by atoms with Gasteiger partial charge in [0.1, 0.15) is 5.82 Å². The second-order valence-corrected chi connectivity index (χ2v) is 6.67. The number of methoxy groups -OCH3 is 1. The number of carbonyl (C=O) groups excluding carboxylic acids is 1. The summed E-state index contributed by atoms with van der Waals surface area (Å²) in [5.74, 6) is 0.319. The van der Waals surface area contributed by atoms with E-state index in [1.165, 1.54) is 7.11 Å². The van der Waals surface area contributed by atoms with Crippen LogP contribution in [0.25, 0.3) is 0 Å². The van der Waals surface area contributed by atoms with Gasteiger partial charge in [0.25, 0.3) is 0 Å². The van der Waals surface area contributed by atoms with E-state index in [-0.39, 0.29) is 11.8 Å². The van der Waals surface area contributed by atoms with Crippen molar-refractivity contribution in [2.75, 3.05) is 46.9 Å². The lowest BCUT2D eigenvalue weighted by molar-refractivity contribution is -0.140. The summed E-state index contributed by atoms with van der Waals surface area (Å²) in [5, 5.41) is 3.18. The van der Waals surface area contributed by atoms with Gasteiger partial charge in [0.15, 0.2) is 5.96 Å². The number of benzene rings is 1. The molecule has 2 rings (SSSR count). The Morgan fingerprint density at radius 2 is 2.08 bits per heavy atom. The van der Waals surface area contributed by atoms with E-state index >= 15 is 0 Å². The van der Waals surface area contributed by atoms with Crippen molar-refractivity contribution in [2.45, 2.75) is 13.0 Å². The minimum Gasteiger partial charge on any atom is -0.469 e. The van der Waals surface area contributed by atoms with Crippen molar-refractivity contribution in [3.05, 3.63) is 34.1 Å². The number of ether oxygens (including phenoxy) is 1. The Kier molecular flexibility index (Phi) is 7.64. The number of carbonyl (C=O) groups is 1. The quantitative estimate of drug-likeness (QED) is 0.452. The number of hydrogen-bond donors (Lipinski definition) is 1. The molecule has 1 aliphatic heterocycles. The van der Waals surface area contributed by atoms with Crippen LogP contribution >= 0.6 is 15.9 Å². The van der Waals surface area contributed by atoms with Crippen molar-refractivity contribution >= 4 is 27.9 Å². The van der Waals surface area contributed by atoms with Gasteiger partial charge in [-0.25, -0.2) is 4.39 Å². The van der Waals surface area contributed by atoms with Gasteiger partial charge in [0.05, 0.1) is 18.0 Å². The molecule has 0 atom stereocenters. The first-order valence-electron chi connectivity index (χ1n) is 8.22. The first kappa shape index (κ1) is 19.7. The van der Waals surface area contributed by atoms with E-state index in [0.717, 1.165) is 44.2 Å². The van der Waals surface area contributed by atoms with E-state index < -0.39 is 0 Å². The van der Waals surface area contributed by atoms with Gasteiger partial charge in [-0.15, -0.1) is 0 Å². The highest BCUT2D eigenvalue weighted by Gasteiger charge is 2.20. The van der Waals surface area contributed by atoms with Crippen molar-refractivity contribution in [2.24, 2.45) is 4.99 Å².